The van der Waals surface area contributed by atoms with Gasteiger partial charge in [0.15, 0.2) is 0 Å². The maximum atomic E-state index is 5.03. The second-order valence-electron chi connectivity index (χ2n) is 2.26. The van der Waals surface area contributed by atoms with Gasteiger partial charge in [0.25, 0.3) is 0 Å². The molecule has 1 aliphatic rings. The molecule has 0 bridgehead atoms. The minimum absolute atomic E-state index is 0.906. The number of allylic oxidation sites excluding steroid dienone is 6. The van der Waals surface area contributed by atoms with Crippen molar-refractivity contribution in [1.29, 1.82) is 0 Å². The van der Waals surface area contributed by atoms with E-state index in [2.05, 4.69) is 12.7 Å². The Balaban J connectivity index is 0.000000354. The van der Waals surface area contributed by atoms with E-state index in [0.717, 1.165) is 12.2 Å². The first-order valence-electron chi connectivity index (χ1n) is 3.98. The fourth-order valence-corrected chi connectivity index (χ4v) is 0.709. The summed E-state index contributed by atoms with van der Waals surface area (Å²) in [5.74, 6) is 1.01. The average Bonchev–Trinajstić information content (AvgIpc) is 2.33. The van der Waals surface area contributed by atoms with Crippen LogP contribution >= 0.6 is 0 Å². The molecule has 1 heteroatoms. The third kappa shape index (κ3) is 5.54. The molecule has 0 atom stereocenters. The molecule has 66 valence electrons. The summed E-state index contributed by atoms with van der Waals surface area (Å²) >= 11 is 0. The van der Waals surface area contributed by atoms with Crippen LogP contribution in [0.1, 0.15) is 13.3 Å². The van der Waals surface area contributed by atoms with Crippen LogP contribution in [-0.2, 0) is 4.74 Å². The normalized spacial score (nSPS) is 13.7. The Morgan fingerprint density at radius 1 is 1.42 bits per heavy atom. The minimum Gasteiger partial charge on any atom is -0.501 e. The van der Waals surface area contributed by atoms with Gasteiger partial charge in [-0.25, -0.2) is 0 Å². The third-order valence-corrected chi connectivity index (χ3v) is 1.22. The lowest BCUT2D eigenvalue weighted by Gasteiger charge is -1.98. The number of methoxy groups -OCH3 is 1. The molecular weight excluding hydrogens is 148 g/mol. The molecule has 0 amide bonds. The molecule has 0 aromatic heterocycles. The SMILES string of the molecule is C=CC.COC1=CC=CC=CC1. The van der Waals surface area contributed by atoms with Crippen LogP contribution < -0.4 is 0 Å². The molecule has 0 saturated carbocycles. The lowest BCUT2D eigenvalue weighted by molar-refractivity contribution is 0.285. The van der Waals surface area contributed by atoms with E-state index in [1.54, 1.807) is 13.2 Å². The number of rotatable bonds is 1. The van der Waals surface area contributed by atoms with Gasteiger partial charge in [-0.05, 0) is 13.0 Å². The highest BCUT2D eigenvalue weighted by atomic mass is 16.5. The summed E-state index contributed by atoms with van der Waals surface area (Å²) in [6.45, 7) is 5.25. The maximum absolute atomic E-state index is 5.03. The molecule has 0 fully saturated rings. The van der Waals surface area contributed by atoms with E-state index in [1.165, 1.54) is 0 Å². The van der Waals surface area contributed by atoms with Gasteiger partial charge in [-0.1, -0.05) is 30.4 Å². The Bertz CT molecular complexity index is 197. The zero-order valence-corrected chi connectivity index (χ0v) is 7.79. The first kappa shape index (κ1) is 10.8. The Labute approximate surface area is 74.7 Å². The van der Waals surface area contributed by atoms with Crippen molar-refractivity contribution >= 4 is 0 Å². The molecule has 1 rings (SSSR count). The maximum Gasteiger partial charge on any atom is 0.0993 e. The Morgan fingerprint density at radius 2 is 2.08 bits per heavy atom. The van der Waals surface area contributed by atoms with E-state index >= 15 is 0 Å². The number of hydrogen-bond donors (Lipinski definition) is 0. The van der Waals surface area contributed by atoms with Crippen molar-refractivity contribution in [2.24, 2.45) is 0 Å². The zero-order valence-electron chi connectivity index (χ0n) is 7.79. The Kier molecular flexibility index (Phi) is 7.05. The van der Waals surface area contributed by atoms with Crippen LogP contribution in [0.5, 0.6) is 0 Å². The molecule has 0 radical (unpaired) electrons. The summed E-state index contributed by atoms with van der Waals surface area (Å²) in [6, 6.07) is 0. The van der Waals surface area contributed by atoms with Crippen LogP contribution in [0.25, 0.3) is 0 Å². The second-order valence-corrected chi connectivity index (χ2v) is 2.26. The molecule has 0 aromatic rings. The lowest BCUT2D eigenvalue weighted by Crippen LogP contribution is -1.81. The van der Waals surface area contributed by atoms with Crippen LogP contribution in [0.3, 0.4) is 0 Å². The highest BCUT2D eigenvalue weighted by Crippen LogP contribution is 2.05. The predicted molar refractivity (Wildman–Crippen MR) is 53.9 cm³/mol. The van der Waals surface area contributed by atoms with Crippen molar-refractivity contribution in [1.82, 2.24) is 0 Å². The highest BCUT2D eigenvalue weighted by Gasteiger charge is 1.90. The molecule has 0 heterocycles. The molecule has 1 nitrogen and oxygen atoms in total. The van der Waals surface area contributed by atoms with Crippen LogP contribution in [0.4, 0.5) is 0 Å². The number of hydrogen-bond acceptors (Lipinski definition) is 1. The standard InChI is InChI=1S/C8H10O.C3H6/c1-9-8-6-4-2-3-5-7-8;1-3-2/h2-6H,7H2,1H3;3H,1H2,2H3. The molecule has 0 aliphatic heterocycles. The Hall–Kier alpha value is -1.24. The van der Waals surface area contributed by atoms with Gasteiger partial charge in [0, 0.05) is 6.42 Å². The van der Waals surface area contributed by atoms with Gasteiger partial charge in [0.2, 0.25) is 0 Å². The van der Waals surface area contributed by atoms with Gasteiger partial charge < -0.3 is 4.74 Å². The first-order valence-corrected chi connectivity index (χ1v) is 3.98. The van der Waals surface area contributed by atoms with Crippen molar-refractivity contribution in [3.63, 3.8) is 0 Å². The quantitative estimate of drug-likeness (QED) is 0.541. The number of ether oxygens (including phenoxy) is 1. The fraction of sp³-hybridized carbons (Fsp3) is 0.273. The van der Waals surface area contributed by atoms with E-state index in [4.69, 9.17) is 4.74 Å². The van der Waals surface area contributed by atoms with Crippen molar-refractivity contribution in [2.75, 3.05) is 7.11 Å². The van der Waals surface area contributed by atoms with Crippen molar-refractivity contribution < 1.29 is 4.74 Å². The monoisotopic (exact) mass is 164 g/mol. The summed E-state index contributed by atoms with van der Waals surface area (Å²) in [5, 5.41) is 0. The molecule has 12 heavy (non-hydrogen) atoms. The van der Waals surface area contributed by atoms with E-state index in [9.17, 15) is 0 Å². The van der Waals surface area contributed by atoms with Crippen LogP contribution in [-0.4, -0.2) is 7.11 Å². The van der Waals surface area contributed by atoms with Crippen LogP contribution in [0.2, 0.25) is 0 Å². The summed E-state index contributed by atoms with van der Waals surface area (Å²) in [4.78, 5) is 0. The van der Waals surface area contributed by atoms with E-state index in [0.29, 0.717) is 0 Å². The first-order chi connectivity index (χ1) is 5.85. The minimum atomic E-state index is 0.906. The molecule has 0 spiro atoms. The molecule has 0 unspecified atom stereocenters. The summed E-state index contributed by atoms with van der Waals surface area (Å²) < 4.78 is 5.03. The van der Waals surface area contributed by atoms with Crippen LogP contribution in [0.15, 0.2) is 48.8 Å². The zero-order chi connectivity index (χ0) is 9.23. The molecule has 0 saturated heterocycles. The van der Waals surface area contributed by atoms with Crippen molar-refractivity contribution in [2.45, 2.75) is 13.3 Å². The molecule has 1 aliphatic carbocycles. The Morgan fingerprint density at radius 3 is 2.67 bits per heavy atom. The van der Waals surface area contributed by atoms with E-state index in [1.807, 2.05) is 31.2 Å². The van der Waals surface area contributed by atoms with Gasteiger partial charge in [-0.2, -0.15) is 0 Å². The van der Waals surface area contributed by atoms with Gasteiger partial charge >= 0.3 is 0 Å². The van der Waals surface area contributed by atoms with Gasteiger partial charge in [0.1, 0.15) is 0 Å². The van der Waals surface area contributed by atoms with Crippen LogP contribution in [0, 0.1) is 0 Å². The highest BCUT2D eigenvalue weighted by molar-refractivity contribution is 5.19. The third-order valence-electron chi connectivity index (χ3n) is 1.22. The van der Waals surface area contributed by atoms with Crippen molar-refractivity contribution in [3.05, 3.63) is 48.8 Å². The van der Waals surface area contributed by atoms with E-state index < -0.39 is 0 Å². The summed E-state index contributed by atoms with van der Waals surface area (Å²) in [5.41, 5.74) is 0. The van der Waals surface area contributed by atoms with Gasteiger partial charge in [-0.15, -0.1) is 6.58 Å². The smallest absolute Gasteiger partial charge is 0.0993 e. The largest absolute Gasteiger partial charge is 0.501 e. The fourth-order valence-electron chi connectivity index (χ4n) is 0.709. The van der Waals surface area contributed by atoms with E-state index in [-0.39, 0.29) is 0 Å². The predicted octanol–water partition coefficient (Wildman–Crippen LogP) is 3.23. The average molecular weight is 164 g/mol. The van der Waals surface area contributed by atoms with Crippen molar-refractivity contribution in [3.8, 4) is 0 Å². The van der Waals surface area contributed by atoms with Gasteiger partial charge in [0.05, 0.1) is 12.9 Å². The molecule has 0 N–H and O–H groups in total. The molecule has 0 aromatic carbocycles. The molecular formula is C11H16O. The lowest BCUT2D eigenvalue weighted by atomic mass is 10.3. The topological polar surface area (TPSA) is 9.23 Å². The second kappa shape index (κ2) is 7.86. The summed E-state index contributed by atoms with van der Waals surface area (Å²) in [7, 11) is 1.69. The summed E-state index contributed by atoms with van der Waals surface area (Å²) in [6.07, 6.45) is 12.7. The van der Waals surface area contributed by atoms with Gasteiger partial charge in [-0.3, -0.25) is 0 Å².